The van der Waals surface area contributed by atoms with Crippen molar-refractivity contribution in [3.05, 3.63) is 100 Å². The highest BCUT2D eigenvalue weighted by molar-refractivity contribution is 6.07. The normalized spacial score (nSPS) is 15.4. The Morgan fingerprint density at radius 2 is 1.75 bits per heavy atom. The number of halogens is 3. The number of amides is 1. The predicted octanol–water partition coefficient (Wildman–Crippen LogP) is 6.93. The van der Waals surface area contributed by atoms with E-state index in [0.717, 1.165) is 62.3 Å². The molecule has 1 saturated heterocycles. The van der Waals surface area contributed by atoms with Crippen molar-refractivity contribution in [3.63, 3.8) is 0 Å². The summed E-state index contributed by atoms with van der Waals surface area (Å²) in [6.07, 6.45) is 6.35. The van der Waals surface area contributed by atoms with E-state index in [0.29, 0.717) is 23.8 Å². The molecule has 0 unspecified atom stereocenters. The quantitative estimate of drug-likeness (QED) is 0.320. The lowest BCUT2D eigenvalue weighted by atomic mass is 10.0. The molecule has 0 atom stereocenters. The van der Waals surface area contributed by atoms with Crippen LogP contribution in [0.1, 0.15) is 47.9 Å². The van der Waals surface area contributed by atoms with Crippen LogP contribution in [0.3, 0.4) is 0 Å². The molecular weight excluding hydrogens is 534 g/mol. The summed E-state index contributed by atoms with van der Waals surface area (Å²) in [6.45, 7) is 2.29. The fourth-order valence-corrected chi connectivity index (χ4v) is 5.21. The van der Waals surface area contributed by atoms with E-state index >= 15 is 0 Å². The van der Waals surface area contributed by atoms with Crippen LogP contribution in [0.15, 0.2) is 66.2 Å². The summed E-state index contributed by atoms with van der Waals surface area (Å²) in [7, 11) is 2.15. The van der Waals surface area contributed by atoms with E-state index in [1.807, 2.05) is 30.3 Å². The molecule has 0 bridgehead atoms. The Labute approximate surface area is 240 Å². The Kier molecular flexibility index (Phi) is 10.3. The second-order valence-corrected chi connectivity index (χ2v) is 10.3. The lowest BCUT2D eigenvalue weighted by Gasteiger charge is -2.31. The number of carbonyl (C=O) groups excluding carboxylic acids is 1. The molecule has 8 heteroatoms. The van der Waals surface area contributed by atoms with Gasteiger partial charge in [0.2, 0.25) is 0 Å². The van der Waals surface area contributed by atoms with Gasteiger partial charge in [-0.1, -0.05) is 24.3 Å². The minimum atomic E-state index is -0.636. The number of fused-ring (bicyclic) bond motifs is 1. The number of hydrogen-bond acceptors (Lipinski definition) is 4. The number of anilines is 1. The number of nitrogens with zero attached hydrogens (tertiary/aromatic N) is 1. The molecule has 1 N–H and O–H groups in total. The van der Waals surface area contributed by atoms with E-state index in [4.69, 9.17) is 9.47 Å². The average Bonchev–Trinajstić information content (AvgIpc) is 3.16. The highest BCUT2D eigenvalue weighted by Crippen LogP contribution is 2.28. The van der Waals surface area contributed by atoms with Gasteiger partial charge in [-0.2, -0.15) is 0 Å². The molecule has 1 aliphatic heterocycles. The summed E-state index contributed by atoms with van der Waals surface area (Å²) in [5, 5.41) is 3.04. The third-order valence-corrected chi connectivity index (χ3v) is 7.53. The largest absolute Gasteiger partial charge is 0.489 e. The molecule has 40 heavy (non-hydrogen) atoms. The van der Waals surface area contributed by atoms with Gasteiger partial charge in [-0.15, -0.1) is 12.4 Å². The molecule has 1 heterocycles. The van der Waals surface area contributed by atoms with Gasteiger partial charge in [0, 0.05) is 37.1 Å². The third-order valence-electron chi connectivity index (χ3n) is 7.53. The van der Waals surface area contributed by atoms with Crippen molar-refractivity contribution in [1.82, 2.24) is 4.90 Å². The van der Waals surface area contributed by atoms with E-state index in [1.165, 1.54) is 23.8 Å². The topological polar surface area (TPSA) is 50.8 Å². The van der Waals surface area contributed by atoms with Crippen LogP contribution in [0.2, 0.25) is 0 Å². The average molecular weight is 569 g/mol. The van der Waals surface area contributed by atoms with Crippen LogP contribution in [-0.4, -0.2) is 37.1 Å². The smallest absolute Gasteiger partial charge is 0.251 e. The van der Waals surface area contributed by atoms with Gasteiger partial charge in [-0.25, -0.2) is 8.78 Å². The minimum Gasteiger partial charge on any atom is -0.489 e. The van der Waals surface area contributed by atoms with Gasteiger partial charge in [0.1, 0.15) is 24.0 Å². The zero-order valence-corrected chi connectivity index (χ0v) is 23.4. The third kappa shape index (κ3) is 7.47. The molecule has 3 aromatic carbocycles. The number of aryl methyl sites for hydroxylation is 1. The van der Waals surface area contributed by atoms with E-state index < -0.39 is 11.6 Å². The zero-order chi connectivity index (χ0) is 27.2. The molecule has 0 saturated carbocycles. The molecule has 212 valence electrons. The van der Waals surface area contributed by atoms with Gasteiger partial charge in [-0.3, -0.25) is 9.69 Å². The van der Waals surface area contributed by atoms with Crippen LogP contribution >= 0.6 is 12.4 Å². The van der Waals surface area contributed by atoms with Crippen LogP contribution in [0.5, 0.6) is 5.75 Å². The lowest BCUT2D eigenvalue weighted by Crippen LogP contribution is -2.36. The Balaban J connectivity index is 0.00000370. The summed E-state index contributed by atoms with van der Waals surface area (Å²) in [5.74, 6) is -0.906. The summed E-state index contributed by atoms with van der Waals surface area (Å²) in [4.78, 5) is 15.5. The maximum absolute atomic E-state index is 14.0. The standard InChI is InChI=1S/C32H34F2N2O3.ClH/c1-36(27-14-16-38-17-15-27)20-22-8-11-26(12-9-22)35-32(37)24-5-2-4-23-10-13-28(19-25(23)18-24)39-21-29-30(33)6-3-7-31(29)34;/h3,6-13,18-19,27H,2,4-5,14-17,20-21H2,1H3,(H,35,37);1H. The number of hydrogen-bond donors (Lipinski definition) is 1. The first-order valence-corrected chi connectivity index (χ1v) is 13.5. The Morgan fingerprint density at radius 1 is 1.02 bits per heavy atom. The second kappa shape index (κ2) is 13.9. The predicted molar refractivity (Wildman–Crippen MR) is 156 cm³/mol. The fourth-order valence-electron chi connectivity index (χ4n) is 5.21. The van der Waals surface area contributed by atoms with Crippen molar-refractivity contribution in [1.29, 1.82) is 0 Å². The van der Waals surface area contributed by atoms with E-state index in [1.54, 1.807) is 6.07 Å². The highest BCUT2D eigenvalue weighted by Gasteiger charge is 2.19. The van der Waals surface area contributed by atoms with Crippen LogP contribution in [0.4, 0.5) is 14.5 Å². The summed E-state index contributed by atoms with van der Waals surface area (Å²) in [5.41, 5.74) is 4.54. The molecular formula is C32H35ClF2N2O3. The van der Waals surface area contributed by atoms with Crippen molar-refractivity contribution in [2.24, 2.45) is 0 Å². The van der Waals surface area contributed by atoms with E-state index in [2.05, 4.69) is 29.4 Å². The minimum absolute atomic E-state index is 0. The molecule has 1 amide bonds. The molecule has 3 aromatic rings. The van der Waals surface area contributed by atoms with Crippen LogP contribution in [-0.2, 0) is 29.1 Å². The van der Waals surface area contributed by atoms with Crippen molar-refractivity contribution in [3.8, 4) is 5.75 Å². The first-order valence-electron chi connectivity index (χ1n) is 13.5. The Hall–Kier alpha value is -3.26. The fraction of sp³-hybridized carbons (Fsp3) is 0.344. The van der Waals surface area contributed by atoms with Crippen LogP contribution < -0.4 is 10.1 Å². The van der Waals surface area contributed by atoms with Gasteiger partial charge < -0.3 is 14.8 Å². The van der Waals surface area contributed by atoms with Gasteiger partial charge >= 0.3 is 0 Å². The number of carbonyl (C=O) groups is 1. The summed E-state index contributed by atoms with van der Waals surface area (Å²) in [6, 6.07) is 17.9. The second-order valence-electron chi connectivity index (χ2n) is 10.3. The van der Waals surface area contributed by atoms with Gasteiger partial charge in [0.15, 0.2) is 0 Å². The molecule has 0 radical (unpaired) electrons. The molecule has 1 fully saturated rings. The number of rotatable bonds is 8. The van der Waals surface area contributed by atoms with Crippen LogP contribution in [0.25, 0.3) is 6.08 Å². The van der Waals surface area contributed by atoms with Gasteiger partial charge in [-0.05, 0) is 98.3 Å². The molecule has 1 aliphatic carbocycles. The highest BCUT2D eigenvalue weighted by atomic mass is 35.5. The SMILES string of the molecule is CN(Cc1ccc(NC(=O)C2=Cc3cc(OCc4c(F)cccc4F)ccc3CCC2)cc1)C1CCOCC1.Cl. The Bertz CT molecular complexity index is 1320. The lowest BCUT2D eigenvalue weighted by molar-refractivity contribution is -0.112. The molecule has 0 aromatic heterocycles. The monoisotopic (exact) mass is 568 g/mol. The first-order chi connectivity index (χ1) is 19.0. The molecule has 0 spiro atoms. The van der Waals surface area contributed by atoms with E-state index in [9.17, 15) is 13.6 Å². The van der Waals surface area contributed by atoms with Crippen molar-refractivity contribution < 1.29 is 23.0 Å². The van der Waals surface area contributed by atoms with Crippen LogP contribution in [0, 0.1) is 11.6 Å². The summed E-state index contributed by atoms with van der Waals surface area (Å²) < 4.78 is 39.1. The van der Waals surface area contributed by atoms with E-state index in [-0.39, 0.29) is 30.5 Å². The zero-order valence-electron chi connectivity index (χ0n) is 22.6. The van der Waals surface area contributed by atoms with Gasteiger partial charge in [0.25, 0.3) is 5.91 Å². The van der Waals surface area contributed by atoms with Crippen molar-refractivity contribution in [2.75, 3.05) is 25.6 Å². The maximum atomic E-state index is 14.0. The van der Waals surface area contributed by atoms with Crippen molar-refractivity contribution in [2.45, 2.75) is 51.3 Å². The number of nitrogens with one attached hydrogen (secondary N) is 1. The molecule has 5 nitrogen and oxygen atoms in total. The summed E-state index contributed by atoms with van der Waals surface area (Å²) >= 11 is 0. The number of benzene rings is 3. The maximum Gasteiger partial charge on any atom is 0.251 e. The van der Waals surface area contributed by atoms with Gasteiger partial charge in [0.05, 0.1) is 5.56 Å². The molecule has 2 aliphatic rings. The first kappa shape index (κ1) is 29.7. The number of ether oxygens (including phenoxy) is 2. The van der Waals surface area contributed by atoms with Crippen molar-refractivity contribution >= 4 is 30.1 Å². The Morgan fingerprint density at radius 3 is 2.48 bits per heavy atom. The molecule has 5 rings (SSSR count).